The summed E-state index contributed by atoms with van der Waals surface area (Å²) < 4.78 is 58.0. The number of aliphatic hydroxyl groups is 1. The van der Waals surface area contributed by atoms with E-state index < -0.39 is 67.8 Å². The van der Waals surface area contributed by atoms with E-state index in [1.807, 2.05) is 30.7 Å². The molecule has 4 fully saturated rings. The number of nitrogens with zero attached hydrogens (tertiary/aromatic N) is 7. The molecule has 4 aliphatic heterocycles. The average molecular weight is 927 g/mol. The van der Waals surface area contributed by atoms with Gasteiger partial charge in [-0.1, -0.05) is 20.8 Å². The van der Waals surface area contributed by atoms with E-state index in [1.54, 1.807) is 72.2 Å². The van der Waals surface area contributed by atoms with Crippen LogP contribution in [0.1, 0.15) is 102 Å². The smallest absolute Gasteiger partial charge is 0.425 e. The normalized spacial score (nSPS) is 27.3. The third-order valence-corrected chi connectivity index (χ3v) is 16.3. The first-order valence-electron chi connectivity index (χ1n) is 21.9. The highest BCUT2D eigenvalue weighted by Gasteiger charge is 2.58. The predicted molar refractivity (Wildman–Crippen MR) is 240 cm³/mol. The molecule has 8 rings (SSSR count). The third kappa shape index (κ3) is 10.0. The van der Waals surface area contributed by atoms with Crippen molar-refractivity contribution in [2.45, 2.75) is 180 Å². The monoisotopic (exact) mass is 926 g/mol. The highest BCUT2D eigenvalue weighted by Crippen LogP contribution is 2.46. The number of amides is 2. The van der Waals surface area contributed by atoms with Crippen LogP contribution in [-0.4, -0.2) is 127 Å². The number of carbonyl (C=O) groups excluding carboxylic acids is 2. The molecule has 8 atom stereocenters. The van der Waals surface area contributed by atoms with E-state index in [9.17, 15) is 14.7 Å². The summed E-state index contributed by atoms with van der Waals surface area (Å²) in [6.45, 7) is 29.0. The molecule has 3 N–H and O–H groups in total. The van der Waals surface area contributed by atoms with Gasteiger partial charge in [0, 0.05) is 12.4 Å². The number of hydrogen-bond acceptors (Lipinski definition) is 17. The van der Waals surface area contributed by atoms with Crippen molar-refractivity contribution >= 4 is 54.2 Å². The lowest BCUT2D eigenvalue weighted by molar-refractivity contribution is -0.199. The van der Waals surface area contributed by atoms with E-state index >= 15 is 0 Å². The Morgan fingerprint density at radius 3 is 1.66 bits per heavy atom. The molecule has 2 amide bonds. The van der Waals surface area contributed by atoms with Crippen LogP contribution in [0.3, 0.4) is 0 Å². The van der Waals surface area contributed by atoms with Gasteiger partial charge >= 0.3 is 12.2 Å². The molecular weight excluding hydrogens is 861 g/mol. The van der Waals surface area contributed by atoms with Gasteiger partial charge in [0.05, 0.1) is 24.0 Å². The highest BCUT2D eigenvalue weighted by molar-refractivity contribution is 6.74. The Morgan fingerprint density at radius 1 is 0.723 bits per heavy atom. The second-order valence-corrected chi connectivity index (χ2v) is 26.0. The maximum Gasteiger partial charge on any atom is 0.425 e. The second-order valence-electron chi connectivity index (χ2n) is 21.2. The predicted octanol–water partition coefficient (Wildman–Crippen LogP) is 6.97. The maximum absolute atomic E-state index is 13.1. The number of anilines is 2. The Hall–Kier alpha value is -4.32. The van der Waals surface area contributed by atoms with Crippen molar-refractivity contribution in [3.05, 3.63) is 37.2 Å². The maximum atomic E-state index is 13.1. The van der Waals surface area contributed by atoms with Gasteiger partial charge in [-0.2, -0.15) is 4.90 Å². The molecule has 0 spiro atoms. The van der Waals surface area contributed by atoms with Gasteiger partial charge in [0.2, 0.25) is 0 Å². The first-order chi connectivity index (χ1) is 30.0. The number of fused-ring (bicyclic) bond motifs is 4. The summed E-state index contributed by atoms with van der Waals surface area (Å²) in [5.41, 5.74) is 5.38. The average Bonchev–Trinajstić information content (AvgIpc) is 4.00. The fourth-order valence-corrected chi connectivity index (χ4v) is 8.97. The minimum Gasteiger partial charge on any atom is -0.443 e. The minimum atomic E-state index is -1.91. The lowest BCUT2D eigenvalue weighted by atomic mass is 10.1. The minimum absolute atomic E-state index is 0.000532. The first kappa shape index (κ1) is 48.6. The number of hydrogen-bond donors (Lipinski definition) is 2. The van der Waals surface area contributed by atoms with Gasteiger partial charge in [0.25, 0.3) is 0 Å². The number of carbonyl (C=O) groups is 2. The van der Waals surface area contributed by atoms with Gasteiger partial charge < -0.3 is 62.3 Å². The van der Waals surface area contributed by atoms with E-state index in [1.165, 1.54) is 12.7 Å². The van der Waals surface area contributed by atoms with E-state index in [0.29, 0.717) is 23.5 Å². The molecule has 0 aliphatic carbocycles. The van der Waals surface area contributed by atoms with E-state index in [0.717, 1.165) is 15.9 Å². The standard InChI is InChI=1S/C24H34N4O8.C20H32N4O4Si/c1-22(2,3)35-20(30)28(21(31)36-23(4,5)6)18-13-9-10-27(17(13)25-12-26-18)19-16-15(14(11-29)32-19)33-24(7,8)34-16;1-19(2,3)29(6,7)25-10-13-14-15(28-20(4,5)27-14)18(26-13)24-9-8-12-16(21)22-11-23-17(12)24/h9-10,12,14-16,19,29H,11H2,1-8H3;8-9,11,13-15,18H,10H2,1-7H3,(H2,21,22,23)/t14-,15-,16-,19-;13-,14-,15-,18-/m11/s1. The number of nitrogen functional groups attached to an aromatic ring is 1. The summed E-state index contributed by atoms with van der Waals surface area (Å²) >= 11 is 0. The Kier molecular flexibility index (Phi) is 12.8. The van der Waals surface area contributed by atoms with Crippen LogP contribution in [0.15, 0.2) is 37.2 Å². The molecule has 0 bridgehead atoms. The lowest BCUT2D eigenvalue weighted by Crippen LogP contribution is -2.44. The van der Waals surface area contributed by atoms with Crippen molar-refractivity contribution in [3.63, 3.8) is 0 Å². The Bertz CT molecular complexity index is 2360. The van der Waals surface area contributed by atoms with Crippen LogP contribution in [-0.2, 0) is 42.3 Å². The van der Waals surface area contributed by atoms with Crippen molar-refractivity contribution in [1.29, 1.82) is 0 Å². The Labute approximate surface area is 380 Å². The highest BCUT2D eigenvalue weighted by atomic mass is 28.4. The van der Waals surface area contributed by atoms with Gasteiger partial charge in [0.1, 0.15) is 77.6 Å². The van der Waals surface area contributed by atoms with Crippen LogP contribution in [0.2, 0.25) is 18.1 Å². The van der Waals surface area contributed by atoms with Gasteiger partial charge in [-0.25, -0.2) is 29.5 Å². The molecule has 0 unspecified atom stereocenters. The van der Waals surface area contributed by atoms with Crippen molar-refractivity contribution in [2.75, 3.05) is 23.8 Å². The zero-order chi connectivity index (χ0) is 47.8. The largest absolute Gasteiger partial charge is 0.443 e. The molecule has 358 valence electrons. The molecule has 0 saturated carbocycles. The summed E-state index contributed by atoms with van der Waals surface area (Å²) in [7, 11) is -1.91. The fourth-order valence-electron chi connectivity index (χ4n) is 7.95. The van der Waals surface area contributed by atoms with Gasteiger partial charge in [-0.05, 0) is 99.5 Å². The lowest BCUT2D eigenvalue weighted by Gasteiger charge is -2.37. The molecular formula is C44H66N8O12Si. The molecule has 4 saturated heterocycles. The summed E-state index contributed by atoms with van der Waals surface area (Å²) in [4.78, 5) is 44.1. The van der Waals surface area contributed by atoms with Crippen molar-refractivity contribution in [1.82, 2.24) is 29.1 Å². The number of rotatable bonds is 7. The Balaban J connectivity index is 0.000000198. The van der Waals surface area contributed by atoms with E-state index in [4.69, 9.17) is 48.1 Å². The summed E-state index contributed by atoms with van der Waals surface area (Å²) in [5, 5.41) is 11.1. The summed E-state index contributed by atoms with van der Waals surface area (Å²) in [6, 6.07) is 3.57. The van der Waals surface area contributed by atoms with Gasteiger partial charge in [-0.15, -0.1) is 0 Å². The molecule has 0 aromatic carbocycles. The zero-order valence-corrected chi connectivity index (χ0v) is 41.1. The van der Waals surface area contributed by atoms with Gasteiger partial charge in [-0.3, -0.25) is 0 Å². The molecule has 20 nitrogen and oxygen atoms in total. The topological polar surface area (TPSA) is 228 Å². The Morgan fingerprint density at radius 2 is 1.17 bits per heavy atom. The van der Waals surface area contributed by atoms with Crippen LogP contribution in [0.4, 0.5) is 21.2 Å². The van der Waals surface area contributed by atoms with Crippen molar-refractivity contribution in [3.8, 4) is 0 Å². The van der Waals surface area contributed by atoms with Crippen molar-refractivity contribution in [2.24, 2.45) is 0 Å². The van der Waals surface area contributed by atoms with Crippen LogP contribution < -0.4 is 10.6 Å². The quantitative estimate of drug-likeness (QED) is 0.178. The molecule has 4 aromatic heterocycles. The van der Waals surface area contributed by atoms with Gasteiger partial charge in [0.15, 0.2) is 38.2 Å². The molecule has 8 heterocycles. The third-order valence-electron chi connectivity index (χ3n) is 11.8. The summed E-state index contributed by atoms with van der Waals surface area (Å²) in [6.07, 6.45) is 1.12. The number of aliphatic hydroxyl groups excluding tert-OH is 1. The molecule has 4 aromatic rings. The molecule has 4 aliphatic rings. The van der Waals surface area contributed by atoms with Crippen LogP contribution >= 0.6 is 0 Å². The first-order valence-corrected chi connectivity index (χ1v) is 24.8. The van der Waals surface area contributed by atoms with Crippen LogP contribution in [0.25, 0.3) is 22.1 Å². The molecule has 65 heavy (non-hydrogen) atoms. The molecule has 21 heteroatoms. The number of aromatic nitrogens is 6. The number of ether oxygens (including phenoxy) is 8. The molecule has 0 radical (unpaired) electrons. The SMILES string of the molecule is CC(C)(C)OC(=O)N(C(=O)OC(C)(C)C)c1ncnc2c1ccn2[C@@H]1O[C@H](CO)[C@H]2OC(C)(C)O[C@H]21.CC1(C)O[C@@H]2[C@H](O1)[C@@H](CO[Si](C)(C)C(C)(C)C)O[C@H]2n1ccc2c(N)ncnc21. The number of imide groups is 1. The fraction of sp³-hybridized carbons (Fsp3) is 0.682. The van der Waals surface area contributed by atoms with E-state index in [2.05, 4.69) is 53.8 Å². The zero-order valence-electron chi connectivity index (χ0n) is 40.1. The summed E-state index contributed by atoms with van der Waals surface area (Å²) in [5.74, 6) is -1.08. The second kappa shape index (κ2) is 17.1. The van der Waals surface area contributed by atoms with E-state index in [-0.39, 0.29) is 42.0 Å². The van der Waals surface area contributed by atoms with Crippen LogP contribution in [0, 0.1) is 0 Å². The van der Waals surface area contributed by atoms with Crippen molar-refractivity contribution < 1.29 is 57.0 Å². The number of nitrogens with two attached hydrogens (primary N) is 1. The van der Waals surface area contributed by atoms with Crippen LogP contribution in [0.5, 0.6) is 0 Å².